The summed E-state index contributed by atoms with van der Waals surface area (Å²) in [7, 11) is -2.71. The van der Waals surface area contributed by atoms with Gasteiger partial charge >= 0.3 is 8.60 Å². The minimum absolute atomic E-state index is 0.271. The molecule has 2 N–H and O–H groups in total. The molecule has 3 aliphatic rings. The molecule has 3 fully saturated rings. The van der Waals surface area contributed by atoms with Crippen LogP contribution in [0.1, 0.15) is 33.3 Å². The van der Waals surface area contributed by atoms with E-state index in [-0.39, 0.29) is 6.61 Å². The quantitative estimate of drug-likeness (QED) is 0.743. The summed E-state index contributed by atoms with van der Waals surface area (Å²) in [6.45, 7) is 7.45. The summed E-state index contributed by atoms with van der Waals surface area (Å²) >= 11 is 0. The molecule has 27 heavy (non-hydrogen) atoms. The third kappa shape index (κ3) is 3.44. The number of benzene rings is 1. The van der Waals surface area contributed by atoms with E-state index in [1.54, 1.807) is 13.8 Å². The standard InChI is InChI=1S/C18H25O8P/c1-16(2)21-10-12(23-16)13-18(26-27(19)20,11-8-6-5-7-9-11)14-15(22-13)25-17(3,4)24-14/h5-9,12-15,19-20H,10H2,1-4H3/t12?,13-,14?,15-,18?/m1/s1. The molecule has 0 aliphatic carbocycles. The van der Waals surface area contributed by atoms with Gasteiger partial charge in [0, 0.05) is 0 Å². The Hall–Kier alpha value is -0.670. The molecule has 0 amide bonds. The summed E-state index contributed by atoms with van der Waals surface area (Å²) in [5.41, 5.74) is -0.642. The molecule has 4 rings (SSSR count). The first-order chi connectivity index (χ1) is 12.6. The lowest BCUT2D eigenvalue weighted by atomic mass is 9.82. The summed E-state index contributed by atoms with van der Waals surface area (Å²) in [5.74, 6) is -1.68. The Morgan fingerprint density at radius 3 is 2.26 bits per heavy atom. The van der Waals surface area contributed by atoms with Crippen molar-refractivity contribution in [2.24, 2.45) is 0 Å². The first-order valence-corrected chi connectivity index (χ1v) is 10.0. The Bertz CT molecular complexity index is 681. The van der Waals surface area contributed by atoms with Gasteiger partial charge in [-0.2, -0.15) is 0 Å². The van der Waals surface area contributed by atoms with Gasteiger partial charge in [-0.1, -0.05) is 30.3 Å². The average Bonchev–Trinajstić information content (AvgIpc) is 3.17. The van der Waals surface area contributed by atoms with Gasteiger partial charge in [0.25, 0.3) is 0 Å². The van der Waals surface area contributed by atoms with Crippen LogP contribution in [-0.4, -0.2) is 52.6 Å². The smallest absolute Gasteiger partial charge is 0.328 e. The predicted molar refractivity (Wildman–Crippen MR) is 94.2 cm³/mol. The van der Waals surface area contributed by atoms with E-state index in [2.05, 4.69) is 0 Å². The second-order valence-corrected chi connectivity index (χ2v) is 8.54. The molecule has 0 spiro atoms. The third-order valence-electron chi connectivity index (χ3n) is 5.01. The molecule has 3 unspecified atom stereocenters. The molecule has 1 aromatic rings. The first-order valence-electron chi connectivity index (χ1n) is 8.88. The van der Waals surface area contributed by atoms with Crippen LogP contribution >= 0.6 is 8.60 Å². The molecule has 1 aromatic carbocycles. The number of rotatable bonds is 4. The highest BCUT2D eigenvalue weighted by atomic mass is 31.2. The van der Waals surface area contributed by atoms with Crippen molar-refractivity contribution in [3.63, 3.8) is 0 Å². The maximum absolute atomic E-state index is 9.83. The lowest BCUT2D eigenvalue weighted by Crippen LogP contribution is -2.52. The lowest BCUT2D eigenvalue weighted by molar-refractivity contribution is -0.247. The van der Waals surface area contributed by atoms with Crippen LogP contribution in [0.2, 0.25) is 0 Å². The van der Waals surface area contributed by atoms with Gasteiger partial charge in [0.2, 0.25) is 0 Å². The van der Waals surface area contributed by atoms with Crippen molar-refractivity contribution in [2.75, 3.05) is 6.61 Å². The van der Waals surface area contributed by atoms with Crippen molar-refractivity contribution >= 4 is 8.60 Å². The molecule has 9 heteroatoms. The van der Waals surface area contributed by atoms with Gasteiger partial charge in [-0.3, -0.25) is 4.52 Å². The van der Waals surface area contributed by atoms with Crippen LogP contribution < -0.4 is 0 Å². The van der Waals surface area contributed by atoms with Gasteiger partial charge in [0.05, 0.1) is 6.61 Å². The summed E-state index contributed by atoms with van der Waals surface area (Å²) in [6, 6.07) is 9.24. The molecular formula is C18H25O8P. The van der Waals surface area contributed by atoms with E-state index in [0.29, 0.717) is 5.56 Å². The molecule has 5 atom stereocenters. The van der Waals surface area contributed by atoms with Crippen molar-refractivity contribution in [3.05, 3.63) is 35.9 Å². The van der Waals surface area contributed by atoms with Gasteiger partial charge in [-0.25, -0.2) is 0 Å². The molecule has 0 saturated carbocycles. The van der Waals surface area contributed by atoms with Crippen LogP contribution in [0.25, 0.3) is 0 Å². The molecule has 3 heterocycles. The number of ether oxygens (including phenoxy) is 5. The average molecular weight is 400 g/mol. The molecule has 0 bridgehead atoms. The van der Waals surface area contributed by atoms with Crippen LogP contribution in [0.5, 0.6) is 0 Å². The molecule has 150 valence electrons. The topological polar surface area (TPSA) is 95.8 Å². The predicted octanol–water partition coefficient (Wildman–Crippen LogP) is 2.14. The second-order valence-electron chi connectivity index (χ2n) is 7.85. The normalized spacial score (nSPS) is 39.8. The highest BCUT2D eigenvalue weighted by Crippen LogP contribution is 2.56. The Balaban J connectivity index is 1.80. The zero-order valence-electron chi connectivity index (χ0n) is 15.7. The van der Waals surface area contributed by atoms with Crippen molar-refractivity contribution in [1.82, 2.24) is 0 Å². The van der Waals surface area contributed by atoms with Gasteiger partial charge < -0.3 is 33.5 Å². The minimum atomic E-state index is -2.71. The molecular weight excluding hydrogens is 375 g/mol. The molecule has 3 aliphatic heterocycles. The SMILES string of the molecule is CC1(C)OCC([C@H]2O[C@@H]3OC(C)(C)OC3C2(OP(O)O)c2ccccc2)O1. The molecule has 0 radical (unpaired) electrons. The third-order valence-corrected chi connectivity index (χ3v) is 5.48. The highest BCUT2D eigenvalue weighted by molar-refractivity contribution is 7.39. The number of hydrogen-bond acceptors (Lipinski definition) is 8. The van der Waals surface area contributed by atoms with Gasteiger partial charge in [-0.15, -0.1) is 0 Å². The fourth-order valence-corrected chi connectivity index (χ4v) is 4.66. The summed E-state index contributed by atoms with van der Waals surface area (Å²) < 4.78 is 35.7. The zero-order chi connectivity index (χ0) is 19.4. The van der Waals surface area contributed by atoms with Gasteiger partial charge in [-0.05, 0) is 33.3 Å². The van der Waals surface area contributed by atoms with E-state index in [1.165, 1.54) is 0 Å². The number of fused-ring (bicyclic) bond motifs is 1. The highest BCUT2D eigenvalue weighted by Gasteiger charge is 2.69. The van der Waals surface area contributed by atoms with E-state index < -0.39 is 50.4 Å². The van der Waals surface area contributed by atoms with Crippen LogP contribution in [0.3, 0.4) is 0 Å². The first kappa shape index (κ1) is 19.6. The summed E-state index contributed by atoms with van der Waals surface area (Å²) in [5, 5.41) is 0. The van der Waals surface area contributed by atoms with Crippen molar-refractivity contribution in [2.45, 2.75) is 69.5 Å². The van der Waals surface area contributed by atoms with Crippen molar-refractivity contribution in [1.29, 1.82) is 0 Å². The largest absolute Gasteiger partial charge is 0.348 e. The fourth-order valence-electron chi connectivity index (χ4n) is 4.07. The number of hydrogen-bond donors (Lipinski definition) is 2. The summed E-state index contributed by atoms with van der Waals surface area (Å²) in [6.07, 6.45) is -2.68. The van der Waals surface area contributed by atoms with Gasteiger partial charge in [0.15, 0.2) is 23.5 Å². The maximum atomic E-state index is 9.83. The van der Waals surface area contributed by atoms with Crippen molar-refractivity contribution < 1.29 is 38.0 Å². The van der Waals surface area contributed by atoms with Crippen LogP contribution in [-0.2, 0) is 33.8 Å². The molecule has 8 nitrogen and oxygen atoms in total. The Morgan fingerprint density at radius 1 is 0.963 bits per heavy atom. The maximum Gasteiger partial charge on any atom is 0.328 e. The fraction of sp³-hybridized carbons (Fsp3) is 0.667. The summed E-state index contributed by atoms with van der Waals surface area (Å²) in [4.78, 5) is 19.7. The lowest BCUT2D eigenvalue weighted by Gasteiger charge is -2.40. The Kier molecular flexibility index (Phi) is 4.87. The minimum Gasteiger partial charge on any atom is -0.348 e. The second kappa shape index (κ2) is 6.69. The van der Waals surface area contributed by atoms with E-state index in [1.807, 2.05) is 44.2 Å². The van der Waals surface area contributed by atoms with Gasteiger partial charge in [0.1, 0.15) is 18.3 Å². The van der Waals surface area contributed by atoms with E-state index in [0.717, 1.165) is 0 Å². The van der Waals surface area contributed by atoms with E-state index in [4.69, 9.17) is 28.2 Å². The van der Waals surface area contributed by atoms with Crippen LogP contribution in [0.4, 0.5) is 0 Å². The molecule has 0 aromatic heterocycles. The molecule has 3 saturated heterocycles. The van der Waals surface area contributed by atoms with E-state index in [9.17, 15) is 9.79 Å². The van der Waals surface area contributed by atoms with Crippen LogP contribution in [0.15, 0.2) is 30.3 Å². The van der Waals surface area contributed by atoms with Crippen LogP contribution in [0, 0.1) is 0 Å². The Labute approximate surface area is 159 Å². The van der Waals surface area contributed by atoms with E-state index >= 15 is 0 Å². The zero-order valence-corrected chi connectivity index (χ0v) is 16.6. The monoisotopic (exact) mass is 400 g/mol. The van der Waals surface area contributed by atoms with Crippen molar-refractivity contribution in [3.8, 4) is 0 Å². The Morgan fingerprint density at radius 2 is 1.67 bits per heavy atom.